The van der Waals surface area contributed by atoms with E-state index in [4.69, 9.17) is 21.4 Å². The Morgan fingerprint density at radius 3 is 2.83 bits per heavy atom. The number of hydrogen-bond acceptors (Lipinski definition) is 4. The number of carboxylic acid groups (broad SMARTS) is 1. The van der Waals surface area contributed by atoms with Crippen molar-refractivity contribution in [1.29, 1.82) is 0 Å². The van der Waals surface area contributed by atoms with E-state index in [1.807, 2.05) is 0 Å². The van der Waals surface area contributed by atoms with E-state index in [0.717, 1.165) is 0 Å². The molecule has 0 aromatic heterocycles. The number of methoxy groups -OCH3 is 1. The zero-order valence-electron chi connectivity index (χ0n) is 9.88. The summed E-state index contributed by atoms with van der Waals surface area (Å²) in [6, 6.07) is 6.01. The van der Waals surface area contributed by atoms with Crippen LogP contribution in [0.4, 0.5) is 5.69 Å². The Hall–Kier alpha value is -1.59. The Labute approximate surface area is 110 Å². The van der Waals surface area contributed by atoms with Gasteiger partial charge in [0.05, 0.1) is 6.61 Å². The molecule has 1 N–H and O–H groups in total. The molecule has 0 heterocycles. The van der Waals surface area contributed by atoms with E-state index < -0.39 is 12.0 Å². The predicted octanol–water partition coefficient (Wildman–Crippen LogP) is 1.44. The van der Waals surface area contributed by atoms with E-state index in [1.54, 1.807) is 24.3 Å². The molecule has 0 bridgehead atoms. The van der Waals surface area contributed by atoms with E-state index >= 15 is 0 Å². The second-order valence-electron chi connectivity index (χ2n) is 3.66. The quantitative estimate of drug-likeness (QED) is 0.760. The fourth-order valence-corrected chi connectivity index (χ4v) is 1.76. The monoisotopic (exact) mass is 271 g/mol. The Kier molecular flexibility index (Phi) is 5.61. The van der Waals surface area contributed by atoms with E-state index in [-0.39, 0.29) is 13.2 Å². The van der Waals surface area contributed by atoms with Crippen LogP contribution in [0.3, 0.4) is 0 Å². The zero-order valence-corrected chi connectivity index (χ0v) is 10.6. The standard InChI is InChI=1S/C12H14ClNO4/c1-18-8-11(7-15)14(6-12(16)17)10-4-2-3-9(13)5-10/h2-5,7,11H,6,8H2,1H3,(H,16,17). The highest BCUT2D eigenvalue weighted by molar-refractivity contribution is 6.30. The van der Waals surface area contributed by atoms with Gasteiger partial charge < -0.3 is 19.5 Å². The summed E-state index contributed by atoms with van der Waals surface area (Å²) < 4.78 is 4.91. The zero-order chi connectivity index (χ0) is 13.5. The molecule has 1 aromatic rings. The first kappa shape index (κ1) is 14.5. The molecule has 1 aromatic carbocycles. The van der Waals surface area contributed by atoms with Crippen molar-refractivity contribution in [2.45, 2.75) is 6.04 Å². The fourth-order valence-electron chi connectivity index (χ4n) is 1.57. The summed E-state index contributed by atoms with van der Waals surface area (Å²) in [6.07, 6.45) is 0.660. The molecule has 0 fully saturated rings. The molecule has 0 spiro atoms. The van der Waals surface area contributed by atoms with Crippen molar-refractivity contribution in [3.8, 4) is 0 Å². The maximum Gasteiger partial charge on any atom is 0.323 e. The van der Waals surface area contributed by atoms with Gasteiger partial charge in [0, 0.05) is 17.8 Å². The van der Waals surface area contributed by atoms with Gasteiger partial charge in [0.15, 0.2) is 0 Å². The second kappa shape index (κ2) is 6.98. The number of carboxylic acids is 1. The van der Waals surface area contributed by atoms with Crippen LogP contribution in [0.15, 0.2) is 24.3 Å². The molecule has 0 saturated heterocycles. The van der Waals surface area contributed by atoms with Crippen molar-refractivity contribution in [1.82, 2.24) is 0 Å². The van der Waals surface area contributed by atoms with E-state index in [9.17, 15) is 9.59 Å². The molecule has 0 aliphatic rings. The number of ether oxygens (including phenoxy) is 1. The van der Waals surface area contributed by atoms with Gasteiger partial charge in [0.2, 0.25) is 0 Å². The minimum atomic E-state index is -1.03. The lowest BCUT2D eigenvalue weighted by molar-refractivity contribution is -0.135. The molecular weight excluding hydrogens is 258 g/mol. The summed E-state index contributed by atoms with van der Waals surface area (Å²) in [5.41, 5.74) is 0.569. The molecule has 6 heteroatoms. The summed E-state index contributed by atoms with van der Waals surface area (Å²) in [5, 5.41) is 9.37. The third-order valence-electron chi connectivity index (χ3n) is 2.34. The van der Waals surface area contributed by atoms with Crippen molar-refractivity contribution in [2.24, 2.45) is 0 Å². The van der Waals surface area contributed by atoms with Crippen LogP contribution in [0, 0.1) is 0 Å². The fraction of sp³-hybridized carbons (Fsp3) is 0.333. The normalized spacial score (nSPS) is 11.9. The Bertz CT molecular complexity index is 424. The molecular formula is C12H14ClNO4. The summed E-state index contributed by atoms with van der Waals surface area (Å²) in [7, 11) is 1.45. The number of hydrogen-bond donors (Lipinski definition) is 1. The molecule has 1 unspecified atom stereocenters. The minimum absolute atomic E-state index is 0.114. The average Bonchev–Trinajstić information content (AvgIpc) is 2.33. The van der Waals surface area contributed by atoms with Gasteiger partial charge in [-0.1, -0.05) is 17.7 Å². The van der Waals surface area contributed by atoms with Gasteiger partial charge in [0.25, 0.3) is 0 Å². The molecule has 0 saturated carbocycles. The Morgan fingerprint density at radius 2 is 2.33 bits per heavy atom. The maximum absolute atomic E-state index is 11.0. The highest BCUT2D eigenvalue weighted by Gasteiger charge is 2.21. The number of benzene rings is 1. The number of nitrogens with zero attached hydrogens (tertiary/aromatic N) is 1. The Morgan fingerprint density at radius 1 is 1.61 bits per heavy atom. The highest BCUT2D eigenvalue weighted by Crippen LogP contribution is 2.21. The summed E-state index contributed by atoms with van der Waals surface area (Å²) in [5.74, 6) is -1.03. The molecule has 98 valence electrons. The van der Waals surface area contributed by atoms with Crippen LogP contribution in [-0.4, -0.2) is 43.7 Å². The largest absolute Gasteiger partial charge is 0.480 e. The first-order valence-electron chi connectivity index (χ1n) is 5.26. The molecule has 18 heavy (non-hydrogen) atoms. The van der Waals surface area contributed by atoms with E-state index in [1.165, 1.54) is 12.0 Å². The van der Waals surface area contributed by atoms with Crippen molar-refractivity contribution >= 4 is 29.5 Å². The Balaban J connectivity index is 3.03. The molecule has 1 rings (SSSR count). The third kappa shape index (κ3) is 4.01. The molecule has 5 nitrogen and oxygen atoms in total. The number of carbonyl (C=O) groups excluding carboxylic acids is 1. The van der Waals surface area contributed by atoms with Crippen LogP contribution in [0.2, 0.25) is 5.02 Å². The molecule has 0 amide bonds. The van der Waals surface area contributed by atoms with Crippen LogP contribution < -0.4 is 4.90 Å². The van der Waals surface area contributed by atoms with E-state index in [0.29, 0.717) is 17.0 Å². The number of carbonyl (C=O) groups is 2. The lowest BCUT2D eigenvalue weighted by Gasteiger charge is -2.28. The van der Waals surface area contributed by atoms with Crippen molar-refractivity contribution < 1.29 is 19.4 Å². The number of anilines is 1. The first-order chi connectivity index (χ1) is 8.58. The lowest BCUT2D eigenvalue weighted by atomic mass is 10.2. The minimum Gasteiger partial charge on any atom is -0.480 e. The smallest absolute Gasteiger partial charge is 0.323 e. The van der Waals surface area contributed by atoms with Crippen LogP contribution in [0.25, 0.3) is 0 Å². The maximum atomic E-state index is 11.0. The van der Waals surface area contributed by atoms with Crippen molar-refractivity contribution in [3.05, 3.63) is 29.3 Å². The van der Waals surface area contributed by atoms with E-state index in [2.05, 4.69) is 0 Å². The second-order valence-corrected chi connectivity index (χ2v) is 4.10. The van der Waals surface area contributed by atoms with Gasteiger partial charge in [-0.2, -0.15) is 0 Å². The molecule has 0 radical (unpaired) electrons. The van der Waals surface area contributed by atoms with Crippen molar-refractivity contribution in [3.63, 3.8) is 0 Å². The van der Waals surface area contributed by atoms with Gasteiger partial charge in [0.1, 0.15) is 18.9 Å². The number of aliphatic carboxylic acids is 1. The number of halogens is 1. The average molecular weight is 272 g/mol. The lowest BCUT2D eigenvalue weighted by Crippen LogP contribution is -2.43. The van der Waals surface area contributed by atoms with Gasteiger partial charge in [-0.15, -0.1) is 0 Å². The number of rotatable bonds is 7. The molecule has 0 aliphatic heterocycles. The highest BCUT2D eigenvalue weighted by atomic mass is 35.5. The van der Waals surface area contributed by atoms with Crippen molar-refractivity contribution in [2.75, 3.05) is 25.2 Å². The van der Waals surface area contributed by atoms with Crippen LogP contribution in [0.1, 0.15) is 0 Å². The SMILES string of the molecule is COCC(C=O)N(CC(=O)O)c1cccc(Cl)c1. The van der Waals surface area contributed by atoms with Crippen LogP contribution in [-0.2, 0) is 14.3 Å². The molecule has 0 aliphatic carbocycles. The summed E-state index contributed by atoms with van der Waals surface area (Å²) in [4.78, 5) is 23.3. The van der Waals surface area contributed by atoms with Gasteiger partial charge in [-0.25, -0.2) is 0 Å². The predicted molar refractivity (Wildman–Crippen MR) is 68.2 cm³/mol. The van der Waals surface area contributed by atoms with Gasteiger partial charge >= 0.3 is 5.97 Å². The van der Waals surface area contributed by atoms with Gasteiger partial charge in [-0.3, -0.25) is 4.79 Å². The first-order valence-corrected chi connectivity index (χ1v) is 5.64. The topological polar surface area (TPSA) is 66.8 Å². The molecule has 1 atom stereocenters. The summed E-state index contributed by atoms with van der Waals surface area (Å²) >= 11 is 5.86. The number of aldehydes is 1. The van der Waals surface area contributed by atoms with Crippen LogP contribution >= 0.6 is 11.6 Å². The third-order valence-corrected chi connectivity index (χ3v) is 2.58. The summed E-state index contributed by atoms with van der Waals surface area (Å²) in [6.45, 7) is -0.184. The van der Waals surface area contributed by atoms with Gasteiger partial charge in [-0.05, 0) is 18.2 Å². The van der Waals surface area contributed by atoms with Crippen LogP contribution in [0.5, 0.6) is 0 Å².